The Bertz CT molecular complexity index is 590. The number of para-hydroxylation sites is 1. The van der Waals surface area contributed by atoms with Crippen LogP contribution in [-0.4, -0.2) is 54.7 Å². The second kappa shape index (κ2) is 6.89. The number of ether oxygens (including phenoxy) is 1. The molecule has 5 nitrogen and oxygen atoms in total. The highest BCUT2D eigenvalue weighted by molar-refractivity contribution is 5.87. The summed E-state index contributed by atoms with van der Waals surface area (Å²) in [5, 5.41) is 0. The molecule has 1 aliphatic heterocycles. The fourth-order valence-electron chi connectivity index (χ4n) is 2.43. The quantitative estimate of drug-likeness (QED) is 0.827. The summed E-state index contributed by atoms with van der Waals surface area (Å²) in [7, 11) is 1.52. The average Bonchev–Trinajstić information content (AvgIpc) is 2.84. The van der Waals surface area contributed by atoms with Crippen LogP contribution in [0.2, 0.25) is 0 Å². The molecule has 23 heavy (non-hydrogen) atoms. The number of carbonyl (C=O) groups is 2. The lowest BCUT2D eigenvalue weighted by atomic mass is 10.1. The summed E-state index contributed by atoms with van der Waals surface area (Å²) in [6.45, 7) is -1.95. The van der Waals surface area contributed by atoms with Crippen LogP contribution in [0.5, 0.6) is 5.75 Å². The van der Waals surface area contributed by atoms with Gasteiger partial charge in [0.1, 0.15) is 18.8 Å². The van der Waals surface area contributed by atoms with Gasteiger partial charge in [0, 0.05) is 6.42 Å². The highest BCUT2D eigenvalue weighted by Gasteiger charge is 2.38. The topological polar surface area (TPSA) is 49.9 Å². The molecule has 0 N–H and O–H groups in total. The van der Waals surface area contributed by atoms with Gasteiger partial charge in [0.2, 0.25) is 11.8 Å². The molecule has 1 heterocycles. The molecule has 126 valence electrons. The molecule has 1 aromatic carbocycles. The summed E-state index contributed by atoms with van der Waals surface area (Å²) >= 11 is 0. The van der Waals surface area contributed by atoms with E-state index in [4.69, 9.17) is 4.74 Å². The summed E-state index contributed by atoms with van der Waals surface area (Å²) in [6, 6.07) is 7.20. The smallest absolute Gasteiger partial charge is 0.406 e. The Balaban J connectivity index is 1.91. The van der Waals surface area contributed by atoms with Crippen molar-refractivity contribution in [2.45, 2.75) is 19.0 Å². The number of amides is 2. The van der Waals surface area contributed by atoms with Crippen LogP contribution in [0.3, 0.4) is 0 Å². The molecule has 8 heteroatoms. The standard InChI is InChI=1S/C15H17F3N2O3/c1-23-12-5-3-2-4-11(12)6-7-13(21)19-8-14(22)20(10-19)9-15(16,17)18/h2-5H,6-10H2,1H3. The molecule has 0 radical (unpaired) electrons. The van der Waals surface area contributed by atoms with Gasteiger partial charge in [-0.05, 0) is 18.1 Å². The van der Waals surface area contributed by atoms with Crippen LogP contribution in [0, 0.1) is 0 Å². The van der Waals surface area contributed by atoms with Gasteiger partial charge in [0.25, 0.3) is 0 Å². The minimum atomic E-state index is -4.47. The first-order chi connectivity index (χ1) is 10.8. The predicted octanol–water partition coefficient (Wildman–Crippen LogP) is 1.82. The van der Waals surface area contributed by atoms with Gasteiger partial charge in [0.15, 0.2) is 0 Å². The molecule has 1 aliphatic rings. The molecule has 0 bridgehead atoms. The van der Waals surface area contributed by atoms with Crippen LogP contribution in [0.25, 0.3) is 0 Å². The average molecular weight is 330 g/mol. The Morgan fingerprint density at radius 1 is 1.30 bits per heavy atom. The summed E-state index contributed by atoms with van der Waals surface area (Å²) in [4.78, 5) is 25.4. The molecular weight excluding hydrogens is 313 g/mol. The van der Waals surface area contributed by atoms with Gasteiger partial charge >= 0.3 is 6.18 Å². The molecule has 0 saturated carbocycles. The summed E-state index contributed by atoms with van der Waals surface area (Å²) in [6.07, 6.45) is -3.97. The molecule has 0 spiro atoms. The van der Waals surface area contributed by atoms with Crippen LogP contribution in [-0.2, 0) is 16.0 Å². The maximum Gasteiger partial charge on any atom is 0.406 e. The number of carbonyl (C=O) groups excluding carboxylic acids is 2. The van der Waals surface area contributed by atoms with Crippen LogP contribution < -0.4 is 4.74 Å². The number of aryl methyl sites for hydroxylation is 1. The van der Waals surface area contributed by atoms with E-state index < -0.39 is 18.6 Å². The lowest BCUT2D eigenvalue weighted by Gasteiger charge is -2.19. The van der Waals surface area contributed by atoms with Gasteiger partial charge in [-0.2, -0.15) is 13.2 Å². The molecule has 2 amide bonds. The van der Waals surface area contributed by atoms with Gasteiger partial charge in [0.05, 0.1) is 13.8 Å². The Kier molecular flexibility index (Phi) is 5.12. The van der Waals surface area contributed by atoms with Gasteiger partial charge in [-0.1, -0.05) is 18.2 Å². The van der Waals surface area contributed by atoms with Crippen molar-refractivity contribution in [1.82, 2.24) is 9.80 Å². The lowest BCUT2D eigenvalue weighted by molar-refractivity contribution is -0.157. The Morgan fingerprint density at radius 3 is 2.65 bits per heavy atom. The van der Waals surface area contributed by atoms with E-state index in [2.05, 4.69) is 0 Å². The fourth-order valence-corrected chi connectivity index (χ4v) is 2.43. The molecule has 0 aromatic heterocycles. The molecule has 1 fully saturated rings. The minimum Gasteiger partial charge on any atom is -0.496 e. The van der Waals surface area contributed by atoms with E-state index in [0.29, 0.717) is 17.1 Å². The van der Waals surface area contributed by atoms with Gasteiger partial charge in [-0.15, -0.1) is 0 Å². The second-order valence-corrected chi connectivity index (χ2v) is 5.25. The Labute approximate surface area is 131 Å². The molecule has 0 atom stereocenters. The van der Waals surface area contributed by atoms with Crippen LogP contribution in [0.4, 0.5) is 13.2 Å². The van der Waals surface area contributed by atoms with Crippen molar-refractivity contribution >= 4 is 11.8 Å². The van der Waals surface area contributed by atoms with Crippen molar-refractivity contribution in [3.63, 3.8) is 0 Å². The van der Waals surface area contributed by atoms with Crippen molar-refractivity contribution in [2.24, 2.45) is 0 Å². The lowest BCUT2D eigenvalue weighted by Crippen LogP contribution is -2.37. The van der Waals surface area contributed by atoms with Crippen LogP contribution >= 0.6 is 0 Å². The third kappa shape index (κ3) is 4.61. The van der Waals surface area contributed by atoms with Gasteiger partial charge in [-0.25, -0.2) is 0 Å². The van der Waals surface area contributed by atoms with Crippen molar-refractivity contribution < 1.29 is 27.5 Å². The molecule has 1 saturated heterocycles. The molecule has 0 unspecified atom stereocenters. The van der Waals surface area contributed by atoms with Crippen LogP contribution in [0.15, 0.2) is 24.3 Å². The number of halogens is 3. The number of hydrogen-bond acceptors (Lipinski definition) is 3. The van der Waals surface area contributed by atoms with Crippen LogP contribution in [0.1, 0.15) is 12.0 Å². The van der Waals surface area contributed by atoms with E-state index in [1.807, 2.05) is 12.1 Å². The number of benzene rings is 1. The SMILES string of the molecule is COc1ccccc1CCC(=O)N1CC(=O)N(CC(F)(F)F)C1. The summed E-state index contributed by atoms with van der Waals surface area (Å²) in [5.41, 5.74) is 0.834. The maximum absolute atomic E-state index is 12.4. The van der Waals surface area contributed by atoms with E-state index in [9.17, 15) is 22.8 Å². The molecule has 0 aliphatic carbocycles. The first kappa shape index (κ1) is 17.1. The maximum atomic E-state index is 12.4. The highest BCUT2D eigenvalue weighted by atomic mass is 19.4. The molecule has 1 aromatic rings. The first-order valence-corrected chi connectivity index (χ1v) is 7.04. The zero-order valence-corrected chi connectivity index (χ0v) is 12.6. The third-order valence-corrected chi connectivity index (χ3v) is 3.54. The monoisotopic (exact) mass is 330 g/mol. The van der Waals surface area contributed by atoms with Crippen molar-refractivity contribution in [1.29, 1.82) is 0 Å². The summed E-state index contributed by atoms with van der Waals surface area (Å²) < 4.78 is 42.2. The van der Waals surface area contributed by atoms with E-state index in [-0.39, 0.29) is 25.5 Å². The third-order valence-electron chi connectivity index (χ3n) is 3.54. The zero-order valence-electron chi connectivity index (χ0n) is 12.6. The zero-order chi connectivity index (χ0) is 17.0. The number of methoxy groups -OCH3 is 1. The Hall–Kier alpha value is -2.25. The Morgan fingerprint density at radius 2 is 2.00 bits per heavy atom. The highest BCUT2D eigenvalue weighted by Crippen LogP contribution is 2.21. The van der Waals surface area contributed by atoms with E-state index in [1.54, 1.807) is 12.1 Å². The number of nitrogens with zero attached hydrogens (tertiary/aromatic N) is 2. The first-order valence-electron chi connectivity index (χ1n) is 7.04. The number of rotatable bonds is 5. The molecule has 2 rings (SSSR count). The predicted molar refractivity (Wildman–Crippen MR) is 75.7 cm³/mol. The second-order valence-electron chi connectivity index (χ2n) is 5.25. The number of alkyl halides is 3. The largest absolute Gasteiger partial charge is 0.496 e. The summed E-state index contributed by atoms with van der Waals surface area (Å²) in [5.74, 6) is -0.390. The van der Waals surface area contributed by atoms with E-state index >= 15 is 0 Å². The normalized spacial score (nSPS) is 15.2. The van der Waals surface area contributed by atoms with E-state index in [0.717, 1.165) is 10.5 Å². The van der Waals surface area contributed by atoms with Crippen molar-refractivity contribution in [2.75, 3.05) is 26.9 Å². The van der Waals surface area contributed by atoms with Gasteiger partial charge in [-0.3, -0.25) is 9.59 Å². The molecular formula is C15H17F3N2O3. The van der Waals surface area contributed by atoms with Crippen molar-refractivity contribution in [3.8, 4) is 5.75 Å². The number of hydrogen-bond donors (Lipinski definition) is 0. The van der Waals surface area contributed by atoms with Gasteiger partial charge < -0.3 is 14.5 Å². The van der Waals surface area contributed by atoms with E-state index in [1.165, 1.54) is 7.11 Å². The minimum absolute atomic E-state index is 0.105. The fraction of sp³-hybridized carbons (Fsp3) is 0.467. The van der Waals surface area contributed by atoms with Crippen molar-refractivity contribution in [3.05, 3.63) is 29.8 Å².